The van der Waals surface area contributed by atoms with Gasteiger partial charge in [-0.3, -0.25) is 0 Å². The standard InChI is InChI=1S/C16H18N6/c1-3-7-13(8-4-1)11-22-16-14(19-20-22)15(17-12-18-16)21-9-5-2-6-10-21/h1,3-4,7-8,12H,2,5-6,9-11H2. The van der Waals surface area contributed by atoms with Crippen molar-refractivity contribution in [1.29, 1.82) is 0 Å². The van der Waals surface area contributed by atoms with E-state index >= 15 is 0 Å². The molecule has 1 saturated heterocycles. The molecular formula is C16H18N6. The third-order valence-corrected chi connectivity index (χ3v) is 4.11. The Bertz CT molecular complexity index is 761. The van der Waals surface area contributed by atoms with Crippen molar-refractivity contribution in [2.45, 2.75) is 25.8 Å². The third-order valence-electron chi connectivity index (χ3n) is 4.11. The number of hydrogen-bond donors (Lipinski definition) is 0. The summed E-state index contributed by atoms with van der Waals surface area (Å²) in [6.45, 7) is 2.75. The summed E-state index contributed by atoms with van der Waals surface area (Å²) >= 11 is 0. The molecule has 0 spiro atoms. The van der Waals surface area contributed by atoms with Crippen molar-refractivity contribution in [3.8, 4) is 0 Å². The molecule has 112 valence electrons. The summed E-state index contributed by atoms with van der Waals surface area (Å²) in [6, 6.07) is 10.2. The van der Waals surface area contributed by atoms with Gasteiger partial charge in [0.15, 0.2) is 17.0 Å². The van der Waals surface area contributed by atoms with E-state index in [1.165, 1.54) is 24.8 Å². The molecule has 6 nitrogen and oxygen atoms in total. The third kappa shape index (κ3) is 2.41. The Morgan fingerprint density at radius 1 is 0.955 bits per heavy atom. The van der Waals surface area contributed by atoms with E-state index in [-0.39, 0.29) is 0 Å². The van der Waals surface area contributed by atoms with Crippen LogP contribution in [0.1, 0.15) is 24.8 Å². The van der Waals surface area contributed by atoms with Crippen molar-refractivity contribution < 1.29 is 0 Å². The van der Waals surface area contributed by atoms with Gasteiger partial charge in [0.1, 0.15) is 6.33 Å². The summed E-state index contributed by atoms with van der Waals surface area (Å²) in [5, 5.41) is 8.62. The quantitative estimate of drug-likeness (QED) is 0.741. The second-order valence-corrected chi connectivity index (χ2v) is 5.65. The van der Waals surface area contributed by atoms with Gasteiger partial charge in [-0.1, -0.05) is 35.5 Å². The summed E-state index contributed by atoms with van der Waals surface area (Å²) in [5.41, 5.74) is 2.80. The Kier molecular flexibility index (Phi) is 3.42. The van der Waals surface area contributed by atoms with Crippen LogP contribution in [0.4, 0.5) is 5.82 Å². The number of hydrogen-bond acceptors (Lipinski definition) is 5. The summed E-state index contributed by atoms with van der Waals surface area (Å²) in [7, 11) is 0. The Morgan fingerprint density at radius 3 is 2.59 bits per heavy atom. The average molecular weight is 294 g/mol. The summed E-state index contributed by atoms with van der Waals surface area (Å²) < 4.78 is 1.85. The predicted octanol–water partition coefficient (Wildman–Crippen LogP) is 2.26. The molecule has 1 aromatic carbocycles. The highest BCUT2D eigenvalue weighted by Gasteiger charge is 2.18. The molecule has 22 heavy (non-hydrogen) atoms. The predicted molar refractivity (Wildman–Crippen MR) is 84.7 cm³/mol. The molecule has 0 amide bonds. The monoisotopic (exact) mass is 294 g/mol. The molecule has 0 unspecified atom stereocenters. The van der Waals surface area contributed by atoms with Gasteiger partial charge in [-0.25, -0.2) is 14.6 Å². The van der Waals surface area contributed by atoms with E-state index in [0.717, 1.165) is 30.1 Å². The van der Waals surface area contributed by atoms with E-state index in [1.54, 1.807) is 6.33 Å². The van der Waals surface area contributed by atoms with Crippen LogP contribution in [0.15, 0.2) is 36.7 Å². The number of rotatable bonds is 3. The first-order valence-corrected chi connectivity index (χ1v) is 7.75. The lowest BCUT2D eigenvalue weighted by molar-refractivity contribution is 0.574. The summed E-state index contributed by atoms with van der Waals surface area (Å²) in [5.74, 6) is 0.920. The van der Waals surface area contributed by atoms with E-state index in [2.05, 4.69) is 37.3 Å². The van der Waals surface area contributed by atoms with Crippen molar-refractivity contribution in [3.05, 3.63) is 42.2 Å². The molecule has 4 rings (SSSR count). The minimum absolute atomic E-state index is 0.674. The average Bonchev–Trinajstić information content (AvgIpc) is 3.00. The topological polar surface area (TPSA) is 59.7 Å². The van der Waals surface area contributed by atoms with E-state index in [1.807, 2.05) is 22.9 Å². The Morgan fingerprint density at radius 2 is 1.77 bits per heavy atom. The van der Waals surface area contributed by atoms with Gasteiger partial charge in [-0.2, -0.15) is 0 Å². The molecule has 0 radical (unpaired) electrons. The van der Waals surface area contributed by atoms with Crippen molar-refractivity contribution in [1.82, 2.24) is 25.0 Å². The van der Waals surface area contributed by atoms with Crippen LogP contribution < -0.4 is 4.90 Å². The molecule has 1 fully saturated rings. The van der Waals surface area contributed by atoms with Crippen LogP contribution in [0, 0.1) is 0 Å². The Labute approximate surface area is 128 Å². The van der Waals surface area contributed by atoms with Crippen LogP contribution in [0.2, 0.25) is 0 Å². The van der Waals surface area contributed by atoms with Gasteiger partial charge in [0.05, 0.1) is 6.54 Å². The number of piperidine rings is 1. The molecule has 0 atom stereocenters. The van der Waals surface area contributed by atoms with E-state index in [4.69, 9.17) is 0 Å². The molecule has 2 aromatic heterocycles. The summed E-state index contributed by atoms with van der Waals surface area (Å²) in [6.07, 6.45) is 5.34. The zero-order valence-electron chi connectivity index (χ0n) is 12.4. The highest BCUT2D eigenvalue weighted by molar-refractivity contribution is 5.82. The van der Waals surface area contributed by atoms with Gasteiger partial charge in [0.2, 0.25) is 0 Å². The van der Waals surface area contributed by atoms with Crippen molar-refractivity contribution >= 4 is 17.0 Å². The molecule has 6 heteroatoms. The van der Waals surface area contributed by atoms with Crippen LogP contribution in [0.25, 0.3) is 11.2 Å². The minimum Gasteiger partial charge on any atom is -0.355 e. The van der Waals surface area contributed by atoms with Crippen LogP contribution in [-0.4, -0.2) is 38.1 Å². The highest BCUT2D eigenvalue weighted by Crippen LogP contribution is 2.23. The zero-order chi connectivity index (χ0) is 14.8. The second-order valence-electron chi connectivity index (χ2n) is 5.65. The fraction of sp³-hybridized carbons (Fsp3) is 0.375. The summed E-state index contributed by atoms with van der Waals surface area (Å²) in [4.78, 5) is 11.1. The fourth-order valence-corrected chi connectivity index (χ4v) is 2.98. The number of nitrogens with zero attached hydrogens (tertiary/aromatic N) is 6. The van der Waals surface area contributed by atoms with E-state index in [9.17, 15) is 0 Å². The lowest BCUT2D eigenvalue weighted by Crippen LogP contribution is -2.30. The molecule has 3 heterocycles. The van der Waals surface area contributed by atoms with Crippen molar-refractivity contribution in [3.63, 3.8) is 0 Å². The van der Waals surface area contributed by atoms with Gasteiger partial charge in [-0.15, -0.1) is 5.10 Å². The van der Waals surface area contributed by atoms with Crippen LogP contribution in [-0.2, 0) is 6.54 Å². The molecule has 0 aliphatic carbocycles. The Hall–Kier alpha value is -2.50. The highest BCUT2D eigenvalue weighted by atomic mass is 15.4. The number of anilines is 1. The van der Waals surface area contributed by atoms with Gasteiger partial charge in [-0.05, 0) is 24.8 Å². The minimum atomic E-state index is 0.674. The molecule has 1 aliphatic rings. The maximum Gasteiger partial charge on any atom is 0.184 e. The van der Waals surface area contributed by atoms with E-state index in [0.29, 0.717) is 6.54 Å². The first-order valence-electron chi connectivity index (χ1n) is 7.75. The largest absolute Gasteiger partial charge is 0.355 e. The molecule has 0 saturated carbocycles. The lowest BCUT2D eigenvalue weighted by atomic mass is 10.1. The van der Waals surface area contributed by atoms with Gasteiger partial charge >= 0.3 is 0 Å². The molecule has 0 N–H and O–H groups in total. The van der Waals surface area contributed by atoms with E-state index < -0.39 is 0 Å². The van der Waals surface area contributed by atoms with Gasteiger partial charge in [0.25, 0.3) is 0 Å². The number of benzene rings is 1. The maximum absolute atomic E-state index is 4.45. The van der Waals surface area contributed by atoms with Crippen LogP contribution in [0.5, 0.6) is 0 Å². The second kappa shape index (κ2) is 5.71. The van der Waals surface area contributed by atoms with Gasteiger partial charge in [0, 0.05) is 13.1 Å². The fourth-order valence-electron chi connectivity index (χ4n) is 2.98. The number of fused-ring (bicyclic) bond motifs is 1. The smallest absolute Gasteiger partial charge is 0.184 e. The van der Waals surface area contributed by atoms with Crippen LogP contribution in [0.3, 0.4) is 0 Å². The first kappa shape index (κ1) is 13.2. The maximum atomic E-state index is 4.45. The Balaban J connectivity index is 1.70. The lowest BCUT2D eigenvalue weighted by Gasteiger charge is -2.27. The van der Waals surface area contributed by atoms with Gasteiger partial charge < -0.3 is 4.90 Å². The van der Waals surface area contributed by atoms with Crippen molar-refractivity contribution in [2.75, 3.05) is 18.0 Å². The molecule has 1 aliphatic heterocycles. The normalized spacial score (nSPS) is 15.4. The van der Waals surface area contributed by atoms with Crippen LogP contribution >= 0.6 is 0 Å². The molecular weight excluding hydrogens is 276 g/mol. The van der Waals surface area contributed by atoms with Crippen molar-refractivity contribution in [2.24, 2.45) is 0 Å². The first-order chi connectivity index (χ1) is 10.9. The SMILES string of the molecule is c1ccc(Cn2nnc3c(N4CCCCC4)ncnc32)cc1. The molecule has 0 bridgehead atoms. The molecule has 3 aromatic rings. The zero-order valence-corrected chi connectivity index (χ0v) is 12.4. The number of aromatic nitrogens is 5.